The summed E-state index contributed by atoms with van der Waals surface area (Å²) < 4.78 is 22.6. The van der Waals surface area contributed by atoms with E-state index in [1.165, 1.54) is 148 Å². The third kappa shape index (κ3) is 47.3. The standard InChI is InChI=1S/C54H99NO8/c1-6-8-10-12-14-16-18-20-21-22-23-24-25-26-27-28-29-30-31-33-35-37-39-41-43-45-52(57)63-50(49-62-54(53(58)59)60-47-46-55(3,4)5)48-61-51(56)44-42-40-38-36-34-32-19-17-15-13-11-9-7-2/h18,20,22-23,25-26,50,54H,6-17,19,21,24,27-49H2,1-5H3/b20-18-,23-22-,26-25-. The molecule has 0 bridgehead atoms. The number of quaternary nitrogens is 1. The highest BCUT2D eigenvalue weighted by Crippen LogP contribution is 2.15. The highest BCUT2D eigenvalue weighted by Gasteiger charge is 2.22. The van der Waals surface area contributed by atoms with Gasteiger partial charge in [-0.15, -0.1) is 0 Å². The van der Waals surface area contributed by atoms with Crippen LogP contribution in [0.4, 0.5) is 0 Å². The summed E-state index contributed by atoms with van der Waals surface area (Å²) in [6, 6.07) is 0. The number of ether oxygens (including phenoxy) is 4. The molecular formula is C54H99NO8. The molecule has 0 spiro atoms. The first-order valence-electron chi connectivity index (χ1n) is 26.1. The molecule has 0 radical (unpaired) electrons. The average Bonchev–Trinajstić information content (AvgIpc) is 3.24. The summed E-state index contributed by atoms with van der Waals surface area (Å²) in [6.45, 7) is 4.74. The Hall–Kier alpha value is -2.49. The normalized spacial score (nSPS) is 13.1. The number of carbonyl (C=O) groups is 3. The van der Waals surface area contributed by atoms with Crippen molar-refractivity contribution in [3.8, 4) is 0 Å². The number of carboxylic acid groups (broad SMARTS) is 1. The van der Waals surface area contributed by atoms with Crippen molar-refractivity contribution < 1.29 is 42.9 Å². The largest absolute Gasteiger partial charge is 0.545 e. The number of hydrogen-bond donors (Lipinski definition) is 0. The van der Waals surface area contributed by atoms with Crippen LogP contribution in [0.15, 0.2) is 36.5 Å². The molecule has 2 atom stereocenters. The Bertz CT molecular complexity index is 1130. The van der Waals surface area contributed by atoms with E-state index in [-0.39, 0.29) is 32.2 Å². The summed E-state index contributed by atoms with van der Waals surface area (Å²) in [6.07, 6.45) is 50.3. The van der Waals surface area contributed by atoms with Crippen molar-refractivity contribution in [1.29, 1.82) is 0 Å². The Balaban J connectivity index is 4.27. The van der Waals surface area contributed by atoms with E-state index >= 15 is 0 Å². The maximum absolute atomic E-state index is 12.8. The first kappa shape index (κ1) is 60.5. The fourth-order valence-electron chi connectivity index (χ4n) is 7.31. The zero-order valence-electron chi connectivity index (χ0n) is 41.7. The molecule has 63 heavy (non-hydrogen) atoms. The van der Waals surface area contributed by atoms with Gasteiger partial charge in [-0.3, -0.25) is 9.59 Å². The lowest BCUT2D eigenvalue weighted by atomic mass is 10.0. The van der Waals surface area contributed by atoms with Crippen molar-refractivity contribution >= 4 is 17.9 Å². The number of esters is 2. The molecule has 0 aromatic carbocycles. The topological polar surface area (TPSA) is 111 Å². The molecule has 0 aromatic heterocycles. The van der Waals surface area contributed by atoms with Crippen LogP contribution >= 0.6 is 0 Å². The van der Waals surface area contributed by atoms with Gasteiger partial charge in [-0.1, -0.05) is 204 Å². The third-order valence-electron chi connectivity index (χ3n) is 11.4. The van der Waals surface area contributed by atoms with Crippen LogP contribution in [-0.2, 0) is 33.3 Å². The lowest BCUT2D eigenvalue weighted by molar-refractivity contribution is -0.870. The van der Waals surface area contributed by atoms with Gasteiger partial charge < -0.3 is 33.3 Å². The van der Waals surface area contributed by atoms with Crippen LogP contribution in [0.5, 0.6) is 0 Å². The molecule has 0 fully saturated rings. The monoisotopic (exact) mass is 890 g/mol. The predicted molar refractivity (Wildman–Crippen MR) is 260 cm³/mol. The van der Waals surface area contributed by atoms with Gasteiger partial charge in [-0.05, 0) is 51.4 Å². The molecule has 0 aliphatic rings. The second kappa shape index (κ2) is 46.1. The fraction of sp³-hybridized carbons (Fsp3) is 0.833. The zero-order valence-corrected chi connectivity index (χ0v) is 41.7. The number of rotatable bonds is 48. The van der Waals surface area contributed by atoms with Crippen LogP contribution in [0.1, 0.15) is 232 Å². The van der Waals surface area contributed by atoms with Crippen molar-refractivity contribution in [1.82, 2.24) is 0 Å². The lowest BCUT2D eigenvalue weighted by Gasteiger charge is -2.26. The van der Waals surface area contributed by atoms with Gasteiger partial charge in [-0.2, -0.15) is 0 Å². The Morgan fingerprint density at radius 1 is 0.476 bits per heavy atom. The number of unbranched alkanes of at least 4 members (excludes halogenated alkanes) is 27. The SMILES string of the molecule is CCCCCCC/C=C\C/C=C\C/C=C\CCCCCCCCCCCCC(=O)OC(COC(=O)CCCCCCCCCCCCCCC)COC(OCC[N+](C)(C)C)C(=O)[O-]. The molecule has 9 nitrogen and oxygen atoms in total. The first-order valence-corrected chi connectivity index (χ1v) is 26.1. The fourth-order valence-corrected chi connectivity index (χ4v) is 7.31. The summed E-state index contributed by atoms with van der Waals surface area (Å²) in [5.74, 6) is -2.28. The van der Waals surface area contributed by atoms with Crippen LogP contribution in [0.25, 0.3) is 0 Å². The molecule has 0 amide bonds. The van der Waals surface area contributed by atoms with Gasteiger partial charge in [0, 0.05) is 12.8 Å². The zero-order chi connectivity index (χ0) is 46.3. The van der Waals surface area contributed by atoms with Gasteiger partial charge >= 0.3 is 11.9 Å². The molecule has 0 saturated heterocycles. The number of aliphatic carboxylic acids is 1. The van der Waals surface area contributed by atoms with Gasteiger partial charge in [0.2, 0.25) is 0 Å². The molecule has 0 aliphatic carbocycles. The predicted octanol–water partition coefficient (Wildman–Crippen LogP) is 13.2. The molecule has 0 N–H and O–H groups in total. The Labute approximate surface area is 388 Å². The average molecular weight is 890 g/mol. The number of carbonyl (C=O) groups excluding carboxylic acids is 3. The summed E-state index contributed by atoms with van der Waals surface area (Å²) in [5, 5.41) is 11.7. The molecule has 368 valence electrons. The van der Waals surface area contributed by atoms with Crippen LogP contribution in [0.2, 0.25) is 0 Å². The highest BCUT2D eigenvalue weighted by molar-refractivity contribution is 5.70. The maximum Gasteiger partial charge on any atom is 0.306 e. The van der Waals surface area contributed by atoms with E-state index in [1.54, 1.807) is 0 Å². The highest BCUT2D eigenvalue weighted by atomic mass is 16.7. The smallest absolute Gasteiger partial charge is 0.306 e. The summed E-state index contributed by atoms with van der Waals surface area (Å²) in [5.41, 5.74) is 0. The van der Waals surface area contributed by atoms with E-state index < -0.39 is 24.3 Å². The van der Waals surface area contributed by atoms with E-state index in [4.69, 9.17) is 18.9 Å². The van der Waals surface area contributed by atoms with Crippen molar-refractivity contribution in [2.75, 3.05) is 47.5 Å². The molecule has 0 aliphatic heterocycles. The van der Waals surface area contributed by atoms with Crippen molar-refractivity contribution in [3.63, 3.8) is 0 Å². The van der Waals surface area contributed by atoms with Crippen LogP contribution in [0, 0.1) is 0 Å². The van der Waals surface area contributed by atoms with E-state index in [0.29, 0.717) is 23.9 Å². The number of likely N-dealkylation sites (N-methyl/N-ethyl adjacent to an activating group) is 1. The van der Waals surface area contributed by atoms with Crippen molar-refractivity contribution in [3.05, 3.63) is 36.5 Å². The molecule has 2 unspecified atom stereocenters. The van der Waals surface area contributed by atoms with E-state index in [0.717, 1.165) is 51.4 Å². The van der Waals surface area contributed by atoms with Gasteiger partial charge in [-0.25, -0.2) is 0 Å². The van der Waals surface area contributed by atoms with Crippen LogP contribution in [-0.4, -0.2) is 82.3 Å². The van der Waals surface area contributed by atoms with Crippen molar-refractivity contribution in [2.24, 2.45) is 0 Å². The van der Waals surface area contributed by atoms with Crippen molar-refractivity contribution in [2.45, 2.75) is 245 Å². The van der Waals surface area contributed by atoms with E-state index in [1.807, 2.05) is 21.1 Å². The van der Waals surface area contributed by atoms with Gasteiger partial charge in [0.15, 0.2) is 12.4 Å². The maximum atomic E-state index is 12.8. The Morgan fingerprint density at radius 3 is 1.27 bits per heavy atom. The minimum atomic E-state index is -1.62. The summed E-state index contributed by atoms with van der Waals surface area (Å²) in [7, 11) is 5.92. The molecular weight excluding hydrogens is 791 g/mol. The van der Waals surface area contributed by atoms with Crippen LogP contribution < -0.4 is 5.11 Å². The second-order valence-electron chi connectivity index (χ2n) is 18.8. The minimum Gasteiger partial charge on any atom is -0.545 e. The molecule has 9 heteroatoms. The Morgan fingerprint density at radius 2 is 0.857 bits per heavy atom. The minimum absolute atomic E-state index is 0.148. The number of hydrogen-bond acceptors (Lipinski definition) is 8. The molecule has 0 rings (SSSR count). The first-order chi connectivity index (χ1) is 30.6. The quantitative estimate of drug-likeness (QED) is 0.0195. The number of allylic oxidation sites excluding steroid dienone is 6. The molecule has 0 heterocycles. The van der Waals surface area contributed by atoms with Gasteiger partial charge in [0.1, 0.15) is 13.2 Å². The Kier molecular flexibility index (Phi) is 44.2. The third-order valence-corrected chi connectivity index (χ3v) is 11.4. The van der Waals surface area contributed by atoms with E-state index in [2.05, 4.69) is 50.3 Å². The lowest BCUT2D eigenvalue weighted by Crippen LogP contribution is -2.44. The van der Waals surface area contributed by atoms with Gasteiger partial charge in [0.05, 0.1) is 40.3 Å². The molecule has 0 saturated carbocycles. The van der Waals surface area contributed by atoms with Crippen LogP contribution in [0.3, 0.4) is 0 Å². The summed E-state index contributed by atoms with van der Waals surface area (Å²) in [4.78, 5) is 37.1. The van der Waals surface area contributed by atoms with E-state index in [9.17, 15) is 19.5 Å². The summed E-state index contributed by atoms with van der Waals surface area (Å²) >= 11 is 0. The number of nitrogens with zero attached hydrogens (tertiary/aromatic N) is 1. The number of carboxylic acids is 1. The second-order valence-corrected chi connectivity index (χ2v) is 18.8. The van der Waals surface area contributed by atoms with Gasteiger partial charge in [0.25, 0.3) is 0 Å². The molecule has 0 aromatic rings.